The van der Waals surface area contributed by atoms with Crippen molar-refractivity contribution in [3.05, 3.63) is 29.3 Å². The van der Waals surface area contributed by atoms with Crippen LogP contribution in [0.4, 0.5) is 0 Å². The Balaban J connectivity index is 2.03. The molecule has 2 rings (SSSR count). The number of likely N-dealkylation sites (tertiary alicyclic amines) is 1. The standard InChI is InChI=1S/C17H26N2O4S/c1-13-5-6-16(11-14(13)2)24(21,22)18(3)12-17(20)19-9-7-15(23-4)8-10-19/h5-6,11,15H,7-10,12H2,1-4H3. The lowest BCUT2D eigenvalue weighted by molar-refractivity contribution is -0.133. The van der Waals surface area contributed by atoms with Gasteiger partial charge in [-0.05, 0) is 49.9 Å². The van der Waals surface area contributed by atoms with E-state index < -0.39 is 10.0 Å². The number of hydrogen-bond donors (Lipinski definition) is 0. The van der Waals surface area contributed by atoms with Crippen molar-refractivity contribution in [1.82, 2.24) is 9.21 Å². The molecule has 1 aliphatic heterocycles. The van der Waals surface area contributed by atoms with Crippen LogP contribution in [-0.4, -0.2) is 63.4 Å². The number of nitrogens with zero attached hydrogens (tertiary/aromatic N) is 2. The highest BCUT2D eigenvalue weighted by molar-refractivity contribution is 7.89. The van der Waals surface area contributed by atoms with Gasteiger partial charge >= 0.3 is 0 Å². The predicted octanol–water partition coefficient (Wildman–Crippen LogP) is 1.56. The lowest BCUT2D eigenvalue weighted by Gasteiger charge is -2.32. The van der Waals surface area contributed by atoms with Crippen molar-refractivity contribution in [3.63, 3.8) is 0 Å². The number of rotatable bonds is 5. The summed E-state index contributed by atoms with van der Waals surface area (Å²) in [4.78, 5) is 14.3. The molecular formula is C17H26N2O4S. The average molecular weight is 354 g/mol. The van der Waals surface area contributed by atoms with Crippen molar-refractivity contribution in [2.24, 2.45) is 0 Å². The van der Waals surface area contributed by atoms with Gasteiger partial charge in [-0.3, -0.25) is 4.79 Å². The Bertz CT molecular complexity index is 695. The molecule has 6 nitrogen and oxygen atoms in total. The molecular weight excluding hydrogens is 328 g/mol. The van der Waals surface area contributed by atoms with Crippen LogP contribution in [-0.2, 0) is 19.6 Å². The molecule has 1 amide bonds. The molecule has 0 bridgehead atoms. The molecule has 1 fully saturated rings. The topological polar surface area (TPSA) is 66.9 Å². The third kappa shape index (κ3) is 4.15. The second-order valence-electron chi connectivity index (χ2n) is 6.32. The Morgan fingerprint density at radius 1 is 1.25 bits per heavy atom. The predicted molar refractivity (Wildman–Crippen MR) is 92.3 cm³/mol. The molecule has 1 aromatic rings. The van der Waals surface area contributed by atoms with E-state index in [1.165, 1.54) is 7.05 Å². The molecule has 1 aromatic carbocycles. The van der Waals surface area contributed by atoms with Crippen molar-refractivity contribution in [2.45, 2.75) is 37.7 Å². The Kier molecular flexibility index (Phi) is 6.01. The van der Waals surface area contributed by atoms with E-state index >= 15 is 0 Å². The van der Waals surface area contributed by atoms with E-state index in [0.29, 0.717) is 13.1 Å². The van der Waals surface area contributed by atoms with Gasteiger partial charge in [0.15, 0.2) is 0 Å². The third-order valence-electron chi connectivity index (χ3n) is 4.67. The van der Waals surface area contributed by atoms with Gasteiger partial charge in [0.05, 0.1) is 17.5 Å². The van der Waals surface area contributed by atoms with Crippen LogP contribution in [0, 0.1) is 13.8 Å². The molecule has 24 heavy (non-hydrogen) atoms. The van der Waals surface area contributed by atoms with Crippen molar-refractivity contribution in [1.29, 1.82) is 0 Å². The van der Waals surface area contributed by atoms with Gasteiger partial charge in [-0.25, -0.2) is 8.42 Å². The Morgan fingerprint density at radius 3 is 2.42 bits per heavy atom. The first-order valence-electron chi connectivity index (χ1n) is 8.10. The number of aryl methyl sites for hydroxylation is 2. The molecule has 0 aliphatic carbocycles. The molecule has 0 atom stereocenters. The molecule has 1 aliphatic rings. The third-order valence-corrected chi connectivity index (χ3v) is 6.47. The van der Waals surface area contributed by atoms with E-state index in [2.05, 4.69) is 0 Å². The fourth-order valence-corrected chi connectivity index (χ4v) is 3.98. The van der Waals surface area contributed by atoms with E-state index in [0.717, 1.165) is 28.3 Å². The number of piperidine rings is 1. The maximum Gasteiger partial charge on any atom is 0.243 e. The van der Waals surface area contributed by atoms with E-state index in [-0.39, 0.29) is 23.5 Å². The van der Waals surface area contributed by atoms with Gasteiger partial charge in [0.1, 0.15) is 0 Å². The van der Waals surface area contributed by atoms with E-state index in [1.807, 2.05) is 13.8 Å². The highest BCUT2D eigenvalue weighted by Gasteiger charge is 2.27. The highest BCUT2D eigenvalue weighted by Crippen LogP contribution is 2.19. The summed E-state index contributed by atoms with van der Waals surface area (Å²) >= 11 is 0. The summed E-state index contributed by atoms with van der Waals surface area (Å²) in [5.41, 5.74) is 1.95. The number of sulfonamides is 1. The van der Waals surface area contributed by atoms with Gasteiger partial charge in [-0.2, -0.15) is 4.31 Å². The van der Waals surface area contributed by atoms with Crippen LogP contribution >= 0.6 is 0 Å². The number of carbonyl (C=O) groups excluding carboxylic acids is 1. The minimum absolute atomic E-state index is 0.146. The van der Waals surface area contributed by atoms with Crippen LogP contribution in [0.15, 0.2) is 23.1 Å². The zero-order valence-corrected chi connectivity index (χ0v) is 15.6. The number of amides is 1. The monoisotopic (exact) mass is 354 g/mol. The molecule has 0 N–H and O–H groups in total. The van der Waals surface area contributed by atoms with Crippen LogP contribution in [0.1, 0.15) is 24.0 Å². The SMILES string of the molecule is COC1CCN(C(=O)CN(C)S(=O)(=O)c2ccc(C)c(C)c2)CC1. The van der Waals surface area contributed by atoms with E-state index in [4.69, 9.17) is 4.74 Å². The quantitative estimate of drug-likeness (QED) is 0.805. The van der Waals surface area contributed by atoms with Crippen molar-refractivity contribution in [2.75, 3.05) is 33.8 Å². The lowest BCUT2D eigenvalue weighted by atomic mass is 10.1. The number of ether oxygens (including phenoxy) is 1. The Morgan fingerprint density at radius 2 is 1.88 bits per heavy atom. The number of benzene rings is 1. The minimum Gasteiger partial charge on any atom is -0.381 e. The van der Waals surface area contributed by atoms with Crippen molar-refractivity contribution < 1.29 is 17.9 Å². The van der Waals surface area contributed by atoms with Gasteiger partial charge in [0.25, 0.3) is 0 Å². The van der Waals surface area contributed by atoms with Crippen molar-refractivity contribution in [3.8, 4) is 0 Å². The van der Waals surface area contributed by atoms with Crippen LogP contribution in [0.2, 0.25) is 0 Å². The second-order valence-corrected chi connectivity index (χ2v) is 8.37. The fourth-order valence-electron chi connectivity index (χ4n) is 2.77. The summed E-state index contributed by atoms with van der Waals surface area (Å²) in [7, 11) is -0.545. The van der Waals surface area contributed by atoms with Gasteiger partial charge in [0.2, 0.25) is 15.9 Å². The summed E-state index contributed by atoms with van der Waals surface area (Å²) < 4.78 is 31.7. The van der Waals surface area contributed by atoms with Crippen LogP contribution in [0.25, 0.3) is 0 Å². The zero-order valence-electron chi connectivity index (χ0n) is 14.8. The smallest absolute Gasteiger partial charge is 0.243 e. The van der Waals surface area contributed by atoms with Gasteiger partial charge in [0, 0.05) is 27.2 Å². The summed E-state index contributed by atoms with van der Waals surface area (Å²) in [6, 6.07) is 5.02. The first-order chi connectivity index (χ1) is 11.3. The normalized spacial score (nSPS) is 16.6. The van der Waals surface area contributed by atoms with E-state index in [9.17, 15) is 13.2 Å². The molecule has 0 unspecified atom stereocenters. The molecule has 134 valence electrons. The first-order valence-corrected chi connectivity index (χ1v) is 9.54. The Hall–Kier alpha value is -1.44. The van der Waals surface area contributed by atoms with Gasteiger partial charge in [-0.15, -0.1) is 0 Å². The Labute approximate surface area is 144 Å². The minimum atomic E-state index is -3.67. The summed E-state index contributed by atoms with van der Waals surface area (Å²) in [6.07, 6.45) is 1.76. The molecule has 1 saturated heterocycles. The summed E-state index contributed by atoms with van der Waals surface area (Å²) in [5.74, 6) is -0.167. The van der Waals surface area contributed by atoms with Crippen molar-refractivity contribution >= 4 is 15.9 Å². The maximum absolute atomic E-state index is 12.6. The molecule has 7 heteroatoms. The fraction of sp³-hybridized carbons (Fsp3) is 0.588. The van der Waals surface area contributed by atoms with Crippen LogP contribution in [0.5, 0.6) is 0 Å². The summed E-state index contributed by atoms with van der Waals surface area (Å²) in [6.45, 7) is 4.87. The number of carbonyl (C=O) groups is 1. The number of likely N-dealkylation sites (N-methyl/N-ethyl adjacent to an activating group) is 1. The maximum atomic E-state index is 12.6. The molecule has 1 heterocycles. The zero-order chi connectivity index (χ0) is 17.9. The van der Waals surface area contributed by atoms with E-state index in [1.54, 1.807) is 30.2 Å². The molecule has 0 aromatic heterocycles. The average Bonchev–Trinajstić information content (AvgIpc) is 2.57. The second kappa shape index (κ2) is 7.63. The van der Waals surface area contributed by atoms with Gasteiger partial charge in [-0.1, -0.05) is 6.07 Å². The van der Waals surface area contributed by atoms with Crippen LogP contribution in [0.3, 0.4) is 0 Å². The lowest BCUT2D eigenvalue weighted by Crippen LogP contribution is -2.45. The molecule has 0 radical (unpaired) electrons. The molecule has 0 spiro atoms. The highest BCUT2D eigenvalue weighted by atomic mass is 32.2. The number of hydrogen-bond acceptors (Lipinski definition) is 4. The first kappa shape index (κ1) is 18.9. The van der Waals surface area contributed by atoms with Gasteiger partial charge < -0.3 is 9.64 Å². The number of methoxy groups -OCH3 is 1. The van der Waals surface area contributed by atoms with Crippen LogP contribution < -0.4 is 0 Å². The molecule has 0 saturated carbocycles. The summed E-state index contributed by atoms with van der Waals surface area (Å²) in [5, 5.41) is 0. The largest absolute Gasteiger partial charge is 0.381 e.